The third-order valence-corrected chi connectivity index (χ3v) is 7.26. The normalized spacial score (nSPS) is 11.6. The summed E-state index contributed by atoms with van der Waals surface area (Å²) in [4.78, 5) is 12.3. The SMILES string of the molecule is CN(c1ccc2ccccc2c1)S(=O)(=O)c1ccc(-n2ncc(Cl)c(Cl)c2=O)cc1. The molecule has 0 atom stereocenters. The highest BCUT2D eigenvalue weighted by molar-refractivity contribution is 7.92. The molecule has 30 heavy (non-hydrogen) atoms. The van der Waals surface area contributed by atoms with Gasteiger partial charge < -0.3 is 0 Å². The number of hydrogen-bond acceptors (Lipinski definition) is 4. The maximum absolute atomic E-state index is 13.1. The number of aromatic nitrogens is 2. The lowest BCUT2D eigenvalue weighted by Gasteiger charge is -2.20. The van der Waals surface area contributed by atoms with Gasteiger partial charge in [-0.3, -0.25) is 9.10 Å². The summed E-state index contributed by atoms with van der Waals surface area (Å²) in [6.07, 6.45) is 1.25. The summed E-state index contributed by atoms with van der Waals surface area (Å²) in [5, 5.41) is 5.80. The van der Waals surface area contributed by atoms with Crippen LogP contribution in [-0.4, -0.2) is 25.2 Å². The molecule has 0 aliphatic carbocycles. The summed E-state index contributed by atoms with van der Waals surface area (Å²) in [6.45, 7) is 0. The van der Waals surface area contributed by atoms with Crippen LogP contribution in [0, 0.1) is 0 Å². The average molecular weight is 460 g/mol. The van der Waals surface area contributed by atoms with Crippen LogP contribution in [0.2, 0.25) is 10.0 Å². The standard InChI is InChI=1S/C21H15Cl2N3O3S/c1-25(17-7-6-14-4-2-3-5-15(14)12-17)30(28,29)18-10-8-16(9-11-18)26-21(27)20(23)19(22)13-24-26/h2-13H,1H3. The highest BCUT2D eigenvalue weighted by Gasteiger charge is 2.22. The molecule has 6 nitrogen and oxygen atoms in total. The first kappa shape index (κ1) is 20.4. The molecule has 0 unspecified atom stereocenters. The average Bonchev–Trinajstić information content (AvgIpc) is 2.77. The van der Waals surface area contributed by atoms with Gasteiger partial charge in [0.1, 0.15) is 5.02 Å². The molecule has 0 saturated heterocycles. The summed E-state index contributed by atoms with van der Waals surface area (Å²) in [6, 6.07) is 19.0. The van der Waals surface area contributed by atoms with E-state index in [1.165, 1.54) is 41.8 Å². The van der Waals surface area contributed by atoms with Gasteiger partial charge in [-0.25, -0.2) is 8.42 Å². The summed E-state index contributed by atoms with van der Waals surface area (Å²) in [7, 11) is -2.31. The Balaban J connectivity index is 1.69. The van der Waals surface area contributed by atoms with Crippen LogP contribution in [0.4, 0.5) is 5.69 Å². The Hall–Kier alpha value is -2.87. The highest BCUT2D eigenvalue weighted by Crippen LogP contribution is 2.26. The van der Waals surface area contributed by atoms with E-state index in [0.29, 0.717) is 11.4 Å². The van der Waals surface area contributed by atoms with Gasteiger partial charge in [0.15, 0.2) is 0 Å². The van der Waals surface area contributed by atoms with Crippen molar-refractivity contribution in [1.29, 1.82) is 0 Å². The zero-order valence-corrected chi connectivity index (χ0v) is 18.0. The smallest absolute Gasteiger partial charge is 0.269 e. The number of nitrogens with zero attached hydrogens (tertiary/aromatic N) is 3. The molecule has 0 saturated carbocycles. The van der Waals surface area contributed by atoms with Gasteiger partial charge in [0, 0.05) is 7.05 Å². The number of anilines is 1. The second kappa shape index (κ2) is 7.75. The van der Waals surface area contributed by atoms with Crippen molar-refractivity contribution in [3.63, 3.8) is 0 Å². The lowest BCUT2D eigenvalue weighted by Crippen LogP contribution is -2.26. The van der Waals surface area contributed by atoms with Crippen LogP contribution >= 0.6 is 23.2 Å². The minimum atomic E-state index is -3.81. The van der Waals surface area contributed by atoms with Crippen molar-refractivity contribution in [1.82, 2.24) is 9.78 Å². The number of sulfonamides is 1. The van der Waals surface area contributed by atoms with Gasteiger partial charge in [-0.15, -0.1) is 0 Å². The Bertz CT molecular complexity index is 1420. The molecule has 152 valence electrons. The summed E-state index contributed by atoms with van der Waals surface area (Å²) in [5.74, 6) is 0. The van der Waals surface area contributed by atoms with Crippen LogP contribution in [-0.2, 0) is 10.0 Å². The maximum atomic E-state index is 13.1. The lowest BCUT2D eigenvalue weighted by molar-refractivity contribution is 0.594. The van der Waals surface area contributed by atoms with Crippen molar-refractivity contribution >= 4 is 49.7 Å². The number of benzene rings is 3. The Morgan fingerprint density at radius 2 is 1.60 bits per heavy atom. The van der Waals surface area contributed by atoms with E-state index in [-0.39, 0.29) is 14.9 Å². The number of hydrogen-bond donors (Lipinski definition) is 0. The van der Waals surface area contributed by atoms with Crippen molar-refractivity contribution in [2.75, 3.05) is 11.4 Å². The molecular weight excluding hydrogens is 445 g/mol. The van der Waals surface area contributed by atoms with Crippen LogP contribution < -0.4 is 9.86 Å². The van der Waals surface area contributed by atoms with Crippen LogP contribution in [0.3, 0.4) is 0 Å². The number of rotatable bonds is 4. The molecule has 0 radical (unpaired) electrons. The number of fused-ring (bicyclic) bond motifs is 1. The first-order valence-corrected chi connectivity index (χ1v) is 11.0. The predicted molar refractivity (Wildman–Crippen MR) is 119 cm³/mol. The molecule has 1 aromatic heterocycles. The van der Waals surface area contributed by atoms with Crippen molar-refractivity contribution in [2.45, 2.75) is 4.90 Å². The van der Waals surface area contributed by atoms with Gasteiger partial charge in [0.2, 0.25) is 0 Å². The van der Waals surface area contributed by atoms with Gasteiger partial charge in [0.25, 0.3) is 15.6 Å². The Morgan fingerprint density at radius 1 is 0.933 bits per heavy atom. The molecule has 4 rings (SSSR count). The van der Waals surface area contributed by atoms with Crippen molar-refractivity contribution in [3.05, 3.63) is 93.3 Å². The fraction of sp³-hybridized carbons (Fsp3) is 0.0476. The van der Waals surface area contributed by atoms with Gasteiger partial charge in [-0.2, -0.15) is 9.78 Å². The van der Waals surface area contributed by atoms with E-state index in [1.54, 1.807) is 6.07 Å². The largest absolute Gasteiger partial charge is 0.291 e. The van der Waals surface area contributed by atoms with Crippen LogP contribution in [0.1, 0.15) is 0 Å². The fourth-order valence-corrected chi connectivity index (χ4v) is 4.47. The molecule has 4 aromatic rings. The monoisotopic (exact) mass is 459 g/mol. The van der Waals surface area contributed by atoms with Crippen LogP contribution in [0.5, 0.6) is 0 Å². The van der Waals surface area contributed by atoms with Gasteiger partial charge in [0.05, 0.1) is 27.5 Å². The van der Waals surface area contributed by atoms with E-state index in [0.717, 1.165) is 15.5 Å². The molecule has 0 bridgehead atoms. The highest BCUT2D eigenvalue weighted by atomic mass is 35.5. The van der Waals surface area contributed by atoms with Crippen LogP contribution in [0.25, 0.3) is 16.5 Å². The Morgan fingerprint density at radius 3 is 2.30 bits per heavy atom. The van der Waals surface area contributed by atoms with Gasteiger partial charge in [-0.1, -0.05) is 53.5 Å². The third kappa shape index (κ3) is 3.56. The fourth-order valence-electron chi connectivity index (χ4n) is 3.03. The molecule has 1 heterocycles. The minimum Gasteiger partial charge on any atom is -0.269 e. The van der Waals surface area contributed by atoms with E-state index in [1.807, 2.05) is 36.4 Å². The molecule has 9 heteroatoms. The molecule has 0 fully saturated rings. The molecule has 0 spiro atoms. The zero-order valence-electron chi connectivity index (χ0n) is 15.7. The van der Waals surface area contributed by atoms with E-state index >= 15 is 0 Å². The first-order valence-electron chi connectivity index (χ1n) is 8.80. The van der Waals surface area contributed by atoms with Crippen molar-refractivity contribution in [2.24, 2.45) is 0 Å². The predicted octanol–water partition coefficient (Wildman–Crippen LogP) is 4.52. The molecule has 0 amide bonds. The zero-order chi connectivity index (χ0) is 21.5. The van der Waals surface area contributed by atoms with Crippen molar-refractivity contribution in [3.8, 4) is 5.69 Å². The van der Waals surface area contributed by atoms with E-state index < -0.39 is 15.6 Å². The third-order valence-electron chi connectivity index (χ3n) is 4.71. The lowest BCUT2D eigenvalue weighted by atomic mass is 10.1. The van der Waals surface area contributed by atoms with Crippen LogP contribution in [0.15, 0.2) is 82.6 Å². The van der Waals surface area contributed by atoms with Gasteiger partial charge in [-0.05, 0) is 47.2 Å². The van der Waals surface area contributed by atoms with E-state index in [4.69, 9.17) is 23.2 Å². The van der Waals surface area contributed by atoms with E-state index in [2.05, 4.69) is 5.10 Å². The van der Waals surface area contributed by atoms with Crippen molar-refractivity contribution < 1.29 is 8.42 Å². The maximum Gasteiger partial charge on any atom is 0.291 e. The summed E-state index contributed by atoms with van der Waals surface area (Å²) < 4.78 is 28.4. The summed E-state index contributed by atoms with van der Waals surface area (Å²) in [5.41, 5.74) is 0.319. The quantitative estimate of drug-likeness (QED) is 0.449. The molecule has 3 aromatic carbocycles. The molecule has 0 aliphatic rings. The van der Waals surface area contributed by atoms with E-state index in [9.17, 15) is 13.2 Å². The second-order valence-corrected chi connectivity index (χ2v) is 9.28. The molecular formula is C21H15Cl2N3O3S. The minimum absolute atomic E-state index is 0.0501. The number of halogens is 2. The van der Waals surface area contributed by atoms with Gasteiger partial charge >= 0.3 is 0 Å². The molecule has 0 aliphatic heterocycles. The topological polar surface area (TPSA) is 72.3 Å². The Labute approximate surface area is 182 Å². The molecule has 0 N–H and O–H groups in total. The Kier molecular flexibility index (Phi) is 5.27. The first-order chi connectivity index (χ1) is 14.3. The summed E-state index contributed by atoms with van der Waals surface area (Å²) >= 11 is 11.7. The second-order valence-electron chi connectivity index (χ2n) is 6.52.